The molecule has 3 rings (SSSR count). The molecule has 1 saturated heterocycles. The third-order valence-electron chi connectivity index (χ3n) is 4.29. The Kier molecular flexibility index (Phi) is 2.93. The maximum Gasteiger partial charge on any atom is 0.157 e. The van der Waals surface area contributed by atoms with Crippen molar-refractivity contribution in [2.24, 2.45) is 11.1 Å². The van der Waals surface area contributed by atoms with Gasteiger partial charge in [0.2, 0.25) is 0 Å². The summed E-state index contributed by atoms with van der Waals surface area (Å²) in [7, 11) is 0. The minimum absolute atomic E-state index is 0.293. The molecule has 2 aromatic rings. The highest BCUT2D eigenvalue weighted by Crippen LogP contribution is 2.32. The van der Waals surface area contributed by atoms with Crippen molar-refractivity contribution < 1.29 is 0 Å². The zero-order chi connectivity index (χ0) is 13.5. The van der Waals surface area contributed by atoms with E-state index in [4.69, 9.17) is 5.73 Å². The first-order valence-corrected chi connectivity index (χ1v) is 6.87. The second-order valence-corrected chi connectivity index (χ2v) is 5.92. The fourth-order valence-corrected chi connectivity index (χ4v) is 2.74. The van der Waals surface area contributed by atoms with E-state index in [0.29, 0.717) is 5.41 Å². The maximum absolute atomic E-state index is 5.87. The Morgan fingerprint density at radius 2 is 2.05 bits per heavy atom. The molecule has 2 N–H and O–H groups in total. The van der Waals surface area contributed by atoms with Gasteiger partial charge in [0, 0.05) is 13.1 Å². The van der Waals surface area contributed by atoms with Gasteiger partial charge in [-0.2, -0.15) is 9.61 Å². The highest BCUT2D eigenvalue weighted by Gasteiger charge is 2.29. The molecule has 0 aliphatic carbocycles. The van der Waals surface area contributed by atoms with E-state index >= 15 is 0 Å². The van der Waals surface area contributed by atoms with Gasteiger partial charge in [0.05, 0.1) is 0 Å². The van der Waals surface area contributed by atoms with Crippen LogP contribution in [0.4, 0.5) is 5.82 Å². The third kappa shape index (κ3) is 2.18. The zero-order valence-corrected chi connectivity index (χ0v) is 11.6. The van der Waals surface area contributed by atoms with Gasteiger partial charge in [-0.25, -0.2) is 4.98 Å². The number of nitrogens with two attached hydrogens (primary N) is 1. The van der Waals surface area contributed by atoms with Crippen molar-refractivity contribution >= 4 is 11.5 Å². The minimum atomic E-state index is 0.293. The average Bonchev–Trinajstić information content (AvgIpc) is 2.87. The molecule has 19 heavy (non-hydrogen) atoms. The van der Waals surface area contributed by atoms with Gasteiger partial charge in [-0.15, -0.1) is 0 Å². The van der Waals surface area contributed by atoms with Gasteiger partial charge in [0.1, 0.15) is 12.1 Å². The van der Waals surface area contributed by atoms with Crippen molar-refractivity contribution in [1.29, 1.82) is 0 Å². The third-order valence-corrected chi connectivity index (χ3v) is 4.29. The number of anilines is 1. The van der Waals surface area contributed by atoms with Crippen LogP contribution in [0.3, 0.4) is 0 Å². The highest BCUT2D eigenvalue weighted by molar-refractivity contribution is 5.53. The van der Waals surface area contributed by atoms with Gasteiger partial charge in [0.25, 0.3) is 0 Å². The Labute approximate surface area is 113 Å². The van der Waals surface area contributed by atoms with Crippen LogP contribution in [0.1, 0.15) is 25.3 Å². The van der Waals surface area contributed by atoms with Gasteiger partial charge in [-0.05, 0) is 49.4 Å². The molecule has 0 radical (unpaired) electrons. The molecule has 0 saturated carbocycles. The van der Waals surface area contributed by atoms with E-state index in [1.165, 1.54) is 5.56 Å². The van der Waals surface area contributed by atoms with Gasteiger partial charge in [-0.1, -0.05) is 6.92 Å². The number of rotatable bonds is 2. The lowest BCUT2D eigenvalue weighted by Gasteiger charge is -2.39. The van der Waals surface area contributed by atoms with Crippen molar-refractivity contribution in [3.63, 3.8) is 0 Å². The number of hydrogen-bond acceptors (Lipinski definition) is 4. The molecule has 1 aliphatic rings. The van der Waals surface area contributed by atoms with Crippen LogP contribution in [0.25, 0.3) is 5.65 Å². The summed E-state index contributed by atoms with van der Waals surface area (Å²) < 4.78 is 1.93. The predicted octanol–water partition coefficient (Wildman–Crippen LogP) is 1.60. The Hall–Kier alpha value is -1.62. The van der Waals surface area contributed by atoms with Crippen molar-refractivity contribution in [3.8, 4) is 0 Å². The summed E-state index contributed by atoms with van der Waals surface area (Å²) in [5.74, 6) is 1.14. The summed E-state index contributed by atoms with van der Waals surface area (Å²) in [5.41, 5.74) is 8.31. The summed E-state index contributed by atoms with van der Waals surface area (Å²) in [6.45, 7) is 7.23. The second-order valence-electron chi connectivity index (χ2n) is 5.92. The maximum atomic E-state index is 5.87. The predicted molar refractivity (Wildman–Crippen MR) is 76.3 cm³/mol. The van der Waals surface area contributed by atoms with Crippen LogP contribution in [-0.4, -0.2) is 34.2 Å². The van der Waals surface area contributed by atoms with Gasteiger partial charge in [-0.3, -0.25) is 0 Å². The number of fused-ring (bicyclic) bond motifs is 1. The van der Waals surface area contributed by atoms with Crippen LogP contribution >= 0.6 is 0 Å². The number of hydrogen-bond donors (Lipinski definition) is 1. The molecular weight excluding hydrogens is 238 g/mol. The Morgan fingerprint density at radius 1 is 1.32 bits per heavy atom. The lowest BCUT2D eigenvalue weighted by molar-refractivity contribution is 0.257. The molecule has 0 aromatic carbocycles. The largest absolute Gasteiger partial charge is 0.356 e. The number of piperidine rings is 1. The van der Waals surface area contributed by atoms with E-state index in [1.807, 2.05) is 4.52 Å². The first-order valence-electron chi connectivity index (χ1n) is 6.87. The van der Waals surface area contributed by atoms with E-state index in [1.54, 1.807) is 6.33 Å². The SMILES string of the molecule is Cc1cc(N2CCC(C)(CN)CC2)n2ncnc2c1. The van der Waals surface area contributed by atoms with Gasteiger partial charge in [0.15, 0.2) is 5.65 Å². The molecule has 5 nitrogen and oxygen atoms in total. The molecule has 1 fully saturated rings. The highest BCUT2D eigenvalue weighted by atomic mass is 15.4. The van der Waals surface area contributed by atoms with Crippen molar-refractivity contribution in [3.05, 3.63) is 24.0 Å². The molecule has 1 aliphatic heterocycles. The van der Waals surface area contributed by atoms with Gasteiger partial charge >= 0.3 is 0 Å². The monoisotopic (exact) mass is 259 g/mol. The minimum Gasteiger partial charge on any atom is -0.356 e. The number of nitrogens with zero attached hydrogens (tertiary/aromatic N) is 4. The molecule has 5 heteroatoms. The van der Waals surface area contributed by atoms with Crippen LogP contribution in [0.2, 0.25) is 0 Å². The molecule has 0 atom stereocenters. The quantitative estimate of drug-likeness (QED) is 0.890. The lowest BCUT2D eigenvalue weighted by Crippen LogP contribution is -2.42. The summed E-state index contributed by atoms with van der Waals surface area (Å²) in [6.07, 6.45) is 3.88. The van der Waals surface area contributed by atoms with Crippen LogP contribution in [0.15, 0.2) is 18.5 Å². The second kappa shape index (κ2) is 4.49. The molecule has 0 bridgehead atoms. The molecule has 0 unspecified atom stereocenters. The van der Waals surface area contributed by atoms with E-state index in [-0.39, 0.29) is 0 Å². The van der Waals surface area contributed by atoms with Crippen LogP contribution < -0.4 is 10.6 Å². The van der Waals surface area contributed by atoms with E-state index in [0.717, 1.165) is 43.9 Å². The summed E-state index contributed by atoms with van der Waals surface area (Å²) >= 11 is 0. The van der Waals surface area contributed by atoms with Crippen molar-refractivity contribution in [2.45, 2.75) is 26.7 Å². The molecule has 0 spiro atoms. The molecule has 2 aromatic heterocycles. The number of pyridine rings is 1. The normalized spacial score (nSPS) is 19.0. The molecule has 3 heterocycles. The average molecular weight is 259 g/mol. The van der Waals surface area contributed by atoms with E-state index < -0.39 is 0 Å². The zero-order valence-electron chi connectivity index (χ0n) is 11.6. The standard InChI is InChI=1S/C14H21N5/c1-11-7-12-16-10-17-19(12)13(8-11)18-5-3-14(2,9-15)4-6-18/h7-8,10H,3-6,9,15H2,1-2H3. The smallest absolute Gasteiger partial charge is 0.157 e. The van der Waals surface area contributed by atoms with E-state index in [9.17, 15) is 0 Å². The van der Waals surface area contributed by atoms with Crippen molar-refractivity contribution in [1.82, 2.24) is 14.6 Å². The van der Waals surface area contributed by atoms with Crippen molar-refractivity contribution in [2.75, 3.05) is 24.5 Å². The molecule has 0 amide bonds. The Bertz CT molecular complexity index is 581. The lowest BCUT2D eigenvalue weighted by atomic mass is 9.80. The fraction of sp³-hybridized carbons (Fsp3) is 0.571. The first-order chi connectivity index (χ1) is 9.11. The summed E-state index contributed by atoms with van der Waals surface area (Å²) in [6, 6.07) is 4.25. The summed E-state index contributed by atoms with van der Waals surface area (Å²) in [5, 5.41) is 4.33. The Morgan fingerprint density at radius 3 is 2.74 bits per heavy atom. The molecule has 102 valence electrons. The van der Waals surface area contributed by atoms with Crippen LogP contribution in [0, 0.1) is 12.3 Å². The first kappa shape index (κ1) is 12.4. The summed E-state index contributed by atoms with van der Waals surface area (Å²) in [4.78, 5) is 6.68. The van der Waals surface area contributed by atoms with Crippen LogP contribution in [0.5, 0.6) is 0 Å². The van der Waals surface area contributed by atoms with E-state index in [2.05, 4.69) is 41.0 Å². The number of aromatic nitrogens is 3. The topological polar surface area (TPSA) is 59.5 Å². The van der Waals surface area contributed by atoms with Gasteiger partial charge < -0.3 is 10.6 Å². The Balaban J connectivity index is 1.91. The fourth-order valence-electron chi connectivity index (χ4n) is 2.74. The number of aryl methyl sites for hydroxylation is 1. The molecular formula is C14H21N5. The van der Waals surface area contributed by atoms with Crippen LogP contribution in [-0.2, 0) is 0 Å².